The van der Waals surface area contributed by atoms with Gasteiger partial charge in [-0.05, 0) is 40.9 Å². The highest BCUT2D eigenvalue weighted by Gasteiger charge is 2.34. The molecule has 0 aliphatic carbocycles. The lowest BCUT2D eigenvalue weighted by molar-refractivity contribution is -0.384. The number of nitrogens with zero attached hydrogens (tertiary/aromatic N) is 2. The van der Waals surface area contributed by atoms with Gasteiger partial charge in [-0.1, -0.05) is 0 Å². The summed E-state index contributed by atoms with van der Waals surface area (Å²) in [6, 6.07) is 2.26. The van der Waals surface area contributed by atoms with Gasteiger partial charge < -0.3 is 5.73 Å². The van der Waals surface area contributed by atoms with Crippen molar-refractivity contribution in [2.75, 3.05) is 5.73 Å². The fraction of sp³-hybridized carbons (Fsp3) is 0.133. The molecule has 0 radical (unpaired) electrons. The third-order valence-electron chi connectivity index (χ3n) is 4.10. The lowest BCUT2D eigenvalue weighted by Crippen LogP contribution is -2.25. The van der Waals surface area contributed by atoms with Crippen LogP contribution in [0.4, 0.5) is 11.5 Å². The van der Waals surface area contributed by atoms with Crippen LogP contribution >= 0.6 is 15.9 Å². The first-order chi connectivity index (χ1) is 11.6. The van der Waals surface area contributed by atoms with E-state index in [2.05, 4.69) is 15.9 Å². The van der Waals surface area contributed by atoms with Crippen molar-refractivity contribution in [1.29, 1.82) is 0 Å². The number of carbonyl (C=O) groups excluding carboxylic acids is 2. The average Bonchev–Trinajstić information content (AvgIpc) is 2.80. The Morgan fingerprint density at radius 1 is 1.20 bits per heavy atom. The van der Waals surface area contributed by atoms with E-state index in [0.717, 1.165) is 10.6 Å². The van der Waals surface area contributed by atoms with Gasteiger partial charge >= 0.3 is 0 Å². The molecule has 1 aliphatic heterocycles. The predicted octanol–water partition coefficient (Wildman–Crippen LogP) is 1.59. The standard InChI is InChI=1S/C15H11BrN4O5/c1-5-3-8(20(24)25)12(11(16)6(5)2)19-9(21)4-7-10(13(19)17)15(23)18-14(7)22/h3-4H,17H2,1-2H3,(H,18,22,23). The molecule has 2 amide bonds. The van der Waals surface area contributed by atoms with Crippen LogP contribution in [0.3, 0.4) is 0 Å². The number of halogens is 1. The van der Waals surface area contributed by atoms with E-state index >= 15 is 0 Å². The molecule has 0 unspecified atom stereocenters. The fourth-order valence-corrected chi connectivity index (χ4v) is 3.40. The van der Waals surface area contributed by atoms with E-state index < -0.39 is 22.3 Å². The van der Waals surface area contributed by atoms with Gasteiger partial charge in [0.15, 0.2) is 0 Å². The second-order valence-corrected chi connectivity index (χ2v) is 6.33. The highest BCUT2D eigenvalue weighted by atomic mass is 79.9. The Balaban J connectivity index is 2.48. The van der Waals surface area contributed by atoms with Crippen molar-refractivity contribution in [3.63, 3.8) is 0 Å². The summed E-state index contributed by atoms with van der Waals surface area (Å²) in [5.41, 5.74) is 5.74. The Morgan fingerprint density at radius 2 is 1.84 bits per heavy atom. The highest BCUT2D eigenvalue weighted by Crippen LogP contribution is 2.37. The minimum atomic E-state index is -0.756. The Kier molecular flexibility index (Phi) is 3.72. The van der Waals surface area contributed by atoms with Gasteiger partial charge in [0.1, 0.15) is 11.5 Å². The molecule has 0 saturated heterocycles. The van der Waals surface area contributed by atoms with Crippen molar-refractivity contribution in [2.24, 2.45) is 0 Å². The molecule has 0 fully saturated rings. The molecule has 25 heavy (non-hydrogen) atoms. The van der Waals surface area contributed by atoms with Crippen molar-refractivity contribution in [1.82, 2.24) is 9.88 Å². The highest BCUT2D eigenvalue weighted by molar-refractivity contribution is 9.10. The van der Waals surface area contributed by atoms with Crippen LogP contribution in [0.25, 0.3) is 5.69 Å². The number of nitrogen functional groups attached to an aromatic ring is 1. The van der Waals surface area contributed by atoms with Crippen molar-refractivity contribution in [3.8, 4) is 5.69 Å². The van der Waals surface area contributed by atoms with Crippen molar-refractivity contribution in [3.05, 3.63) is 59.3 Å². The number of nitro groups is 1. The second kappa shape index (κ2) is 5.52. The number of hydrogen-bond donors (Lipinski definition) is 2. The molecule has 0 saturated carbocycles. The van der Waals surface area contributed by atoms with Crippen LogP contribution in [0.2, 0.25) is 0 Å². The minimum absolute atomic E-state index is 0.0921. The molecule has 1 aromatic carbocycles. The number of fused-ring (bicyclic) bond motifs is 1. The maximum absolute atomic E-state index is 12.5. The quantitative estimate of drug-likeness (QED) is 0.441. The van der Waals surface area contributed by atoms with E-state index in [1.807, 2.05) is 5.32 Å². The zero-order chi connectivity index (χ0) is 18.6. The number of aryl methyl sites for hydroxylation is 1. The van der Waals surface area contributed by atoms with Crippen LogP contribution < -0.4 is 16.6 Å². The van der Waals surface area contributed by atoms with E-state index in [-0.39, 0.29) is 28.3 Å². The number of nitrogens with two attached hydrogens (primary N) is 1. The monoisotopic (exact) mass is 406 g/mol. The molecule has 3 rings (SSSR count). The Bertz CT molecular complexity index is 1060. The first kappa shape index (κ1) is 16.8. The Hall–Kier alpha value is -3.01. The van der Waals surface area contributed by atoms with Gasteiger partial charge in [-0.3, -0.25) is 34.4 Å². The van der Waals surface area contributed by atoms with E-state index in [0.29, 0.717) is 15.6 Å². The molecule has 10 heteroatoms. The SMILES string of the molecule is Cc1cc([N+](=O)[O-])c(-n2c(N)c3c(cc2=O)C(=O)NC3=O)c(Br)c1C. The number of pyridine rings is 1. The molecule has 0 spiro atoms. The molecule has 2 aromatic rings. The Labute approximate surface area is 148 Å². The molecule has 1 aliphatic rings. The largest absolute Gasteiger partial charge is 0.384 e. The van der Waals surface area contributed by atoms with Gasteiger partial charge in [-0.2, -0.15) is 0 Å². The molecule has 0 bridgehead atoms. The molecule has 1 aromatic heterocycles. The normalized spacial score (nSPS) is 12.9. The van der Waals surface area contributed by atoms with Crippen molar-refractivity contribution in [2.45, 2.75) is 13.8 Å². The fourth-order valence-electron chi connectivity index (χ4n) is 2.71. The van der Waals surface area contributed by atoms with Gasteiger partial charge in [0.2, 0.25) is 0 Å². The second-order valence-electron chi connectivity index (χ2n) is 5.53. The number of carbonyl (C=O) groups is 2. The maximum atomic E-state index is 12.5. The van der Waals surface area contributed by atoms with Crippen LogP contribution in [-0.2, 0) is 0 Å². The third kappa shape index (κ3) is 2.33. The maximum Gasteiger partial charge on any atom is 0.294 e. The summed E-state index contributed by atoms with van der Waals surface area (Å²) in [4.78, 5) is 47.0. The summed E-state index contributed by atoms with van der Waals surface area (Å²) in [6.45, 7) is 3.41. The van der Waals surface area contributed by atoms with E-state index in [1.165, 1.54) is 6.07 Å². The van der Waals surface area contributed by atoms with E-state index in [1.54, 1.807) is 13.8 Å². The molecule has 128 valence electrons. The van der Waals surface area contributed by atoms with E-state index in [4.69, 9.17) is 5.73 Å². The summed E-state index contributed by atoms with van der Waals surface area (Å²) in [6.07, 6.45) is 0. The zero-order valence-corrected chi connectivity index (χ0v) is 14.6. The summed E-state index contributed by atoms with van der Waals surface area (Å²) >= 11 is 3.28. The number of imide groups is 1. The predicted molar refractivity (Wildman–Crippen MR) is 92.1 cm³/mol. The number of aromatic nitrogens is 1. The number of nitrogens with one attached hydrogen (secondary N) is 1. The number of amides is 2. The number of hydrogen-bond acceptors (Lipinski definition) is 6. The summed E-state index contributed by atoms with van der Waals surface area (Å²) in [5.74, 6) is -1.82. The van der Waals surface area contributed by atoms with Gasteiger partial charge in [-0.25, -0.2) is 0 Å². The summed E-state index contributed by atoms with van der Waals surface area (Å²) in [5, 5.41) is 13.5. The number of nitro benzene ring substituents is 1. The van der Waals surface area contributed by atoms with Crippen molar-refractivity contribution >= 4 is 39.2 Å². The van der Waals surface area contributed by atoms with Crippen LogP contribution in [-0.4, -0.2) is 21.3 Å². The number of anilines is 1. The number of rotatable bonds is 2. The minimum Gasteiger partial charge on any atom is -0.384 e. The number of benzene rings is 1. The third-order valence-corrected chi connectivity index (χ3v) is 5.07. The van der Waals surface area contributed by atoms with Gasteiger partial charge in [-0.15, -0.1) is 0 Å². The average molecular weight is 407 g/mol. The lowest BCUT2D eigenvalue weighted by Gasteiger charge is -2.16. The topological polar surface area (TPSA) is 137 Å². The van der Waals surface area contributed by atoms with Gasteiger partial charge in [0.05, 0.1) is 20.5 Å². The smallest absolute Gasteiger partial charge is 0.294 e. The molecule has 0 atom stereocenters. The zero-order valence-electron chi connectivity index (χ0n) is 13.0. The lowest BCUT2D eigenvalue weighted by atomic mass is 10.1. The van der Waals surface area contributed by atoms with E-state index in [9.17, 15) is 24.5 Å². The van der Waals surface area contributed by atoms with Gasteiger partial charge in [0.25, 0.3) is 23.1 Å². The molecule has 2 heterocycles. The molecule has 9 nitrogen and oxygen atoms in total. The van der Waals surface area contributed by atoms with Crippen molar-refractivity contribution < 1.29 is 14.5 Å². The van der Waals surface area contributed by atoms with Crippen LogP contribution in [0.15, 0.2) is 21.4 Å². The van der Waals surface area contributed by atoms with Gasteiger partial charge in [0, 0.05) is 12.1 Å². The summed E-state index contributed by atoms with van der Waals surface area (Å²) in [7, 11) is 0. The van der Waals surface area contributed by atoms with Crippen LogP contribution in [0.5, 0.6) is 0 Å². The Morgan fingerprint density at radius 3 is 2.44 bits per heavy atom. The molecule has 3 N–H and O–H groups in total. The van der Waals surface area contributed by atoms with Crippen LogP contribution in [0.1, 0.15) is 31.8 Å². The van der Waals surface area contributed by atoms with Crippen LogP contribution in [0, 0.1) is 24.0 Å². The first-order valence-corrected chi connectivity index (χ1v) is 7.80. The first-order valence-electron chi connectivity index (χ1n) is 7.00. The summed E-state index contributed by atoms with van der Waals surface area (Å²) < 4.78 is 1.17. The molecular formula is C15H11BrN4O5. The molecular weight excluding hydrogens is 396 g/mol.